The highest BCUT2D eigenvalue weighted by Gasteiger charge is 2.40. The first kappa shape index (κ1) is 22.9. The number of hydrogen-bond donors (Lipinski definition) is 0. The highest BCUT2D eigenvalue weighted by Crippen LogP contribution is 2.38. The van der Waals surface area contributed by atoms with Crippen molar-refractivity contribution in [2.75, 3.05) is 34.4 Å². The van der Waals surface area contributed by atoms with Crippen molar-refractivity contribution in [2.24, 2.45) is 5.92 Å². The Kier molecular flexibility index (Phi) is 7.01. The number of benzene rings is 1. The molecule has 8 heteroatoms. The summed E-state index contributed by atoms with van der Waals surface area (Å²) in [4.78, 5) is 33.9. The minimum absolute atomic E-state index is 0.0680. The van der Waals surface area contributed by atoms with E-state index in [0.29, 0.717) is 43.3 Å². The van der Waals surface area contributed by atoms with E-state index in [9.17, 15) is 9.59 Å². The molecule has 3 heterocycles. The van der Waals surface area contributed by atoms with Crippen molar-refractivity contribution in [1.82, 2.24) is 14.8 Å². The number of nitrogens with zero attached hydrogens (tertiary/aromatic N) is 3. The highest BCUT2D eigenvalue weighted by atomic mass is 16.5. The minimum Gasteiger partial charge on any atom is -0.493 e. The van der Waals surface area contributed by atoms with Crippen molar-refractivity contribution in [3.63, 3.8) is 0 Å². The zero-order valence-corrected chi connectivity index (χ0v) is 19.5. The summed E-state index contributed by atoms with van der Waals surface area (Å²) in [6.07, 6.45) is 5.94. The Morgan fingerprint density at radius 2 is 1.85 bits per heavy atom. The molecule has 0 N–H and O–H groups in total. The Balaban J connectivity index is 1.43. The fourth-order valence-electron chi connectivity index (χ4n) is 5.00. The van der Waals surface area contributed by atoms with Crippen molar-refractivity contribution >= 4 is 11.8 Å². The van der Waals surface area contributed by atoms with Crippen LogP contribution in [0.4, 0.5) is 0 Å². The summed E-state index contributed by atoms with van der Waals surface area (Å²) in [5, 5.41) is 0. The number of likely N-dealkylation sites (tertiary alicyclic amines) is 2. The van der Waals surface area contributed by atoms with Crippen LogP contribution in [0.2, 0.25) is 0 Å². The maximum atomic E-state index is 13.2. The Hall–Kier alpha value is -3.29. The molecule has 1 aromatic carbocycles. The van der Waals surface area contributed by atoms with Crippen LogP contribution in [0.15, 0.2) is 36.7 Å². The number of rotatable bonds is 7. The van der Waals surface area contributed by atoms with E-state index in [1.54, 1.807) is 27.5 Å². The first-order valence-corrected chi connectivity index (χ1v) is 11.3. The molecule has 8 nitrogen and oxygen atoms in total. The number of pyridine rings is 1. The van der Waals surface area contributed by atoms with E-state index in [-0.39, 0.29) is 30.2 Å². The van der Waals surface area contributed by atoms with Gasteiger partial charge >= 0.3 is 0 Å². The number of aromatic nitrogens is 1. The summed E-state index contributed by atoms with van der Waals surface area (Å²) in [6.45, 7) is 1.89. The van der Waals surface area contributed by atoms with Gasteiger partial charge in [0.15, 0.2) is 11.5 Å². The van der Waals surface area contributed by atoms with Crippen LogP contribution in [0.25, 0.3) is 0 Å². The maximum absolute atomic E-state index is 13.2. The zero-order chi connectivity index (χ0) is 23.4. The summed E-state index contributed by atoms with van der Waals surface area (Å²) in [6, 6.07) is 7.70. The van der Waals surface area contributed by atoms with Crippen LogP contribution in [0.5, 0.6) is 17.2 Å². The molecule has 0 bridgehead atoms. The molecule has 0 unspecified atom stereocenters. The Morgan fingerprint density at radius 1 is 1.09 bits per heavy atom. The largest absolute Gasteiger partial charge is 0.493 e. The van der Waals surface area contributed by atoms with Gasteiger partial charge in [-0.1, -0.05) is 6.07 Å². The molecule has 0 radical (unpaired) electrons. The summed E-state index contributed by atoms with van der Waals surface area (Å²) in [5.41, 5.74) is 1.85. The van der Waals surface area contributed by atoms with Gasteiger partial charge in [0.2, 0.25) is 17.6 Å². The Bertz CT molecular complexity index is 972. The third-order valence-corrected chi connectivity index (χ3v) is 6.65. The summed E-state index contributed by atoms with van der Waals surface area (Å²) in [7, 11) is 4.69. The van der Waals surface area contributed by atoms with Crippen molar-refractivity contribution < 1.29 is 23.8 Å². The highest BCUT2D eigenvalue weighted by molar-refractivity contribution is 5.80. The number of piperidine rings is 2. The Morgan fingerprint density at radius 3 is 2.48 bits per heavy atom. The van der Waals surface area contributed by atoms with Crippen molar-refractivity contribution in [3.8, 4) is 17.2 Å². The van der Waals surface area contributed by atoms with Gasteiger partial charge in [-0.25, -0.2) is 0 Å². The average molecular weight is 454 g/mol. The maximum Gasteiger partial charge on any atom is 0.227 e. The lowest BCUT2D eigenvalue weighted by Gasteiger charge is -2.47. The van der Waals surface area contributed by atoms with Crippen LogP contribution >= 0.6 is 0 Å². The van der Waals surface area contributed by atoms with Crippen molar-refractivity contribution in [3.05, 3.63) is 47.8 Å². The van der Waals surface area contributed by atoms with E-state index in [0.717, 1.165) is 24.0 Å². The molecule has 0 spiro atoms. The second-order valence-electron chi connectivity index (χ2n) is 8.59. The van der Waals surface area contributed by atoms with E-state index in [4.69, 9.17) is 14.2 Å². The van der Waals surface area contributed by atoms with Crippen LogP contribution in [-0.2, 0) is 22.6 Å². The first-order chi connectivity index (χ1) is 16.0. The minimum atomic E-state index is 0.0680. The second-order valence-corrected chi connectivity index (χ2v) is 8.59. The first-order valence-electron chi connectivity index (χ1n) is 11.3. The van der Waals surface area contributed by atoms with Gasteiger partial charge < -0.3 is 24.0 Å². The summed E-state index contributed by atoms with van der Waals surface area (Å²) >= 11 is 0. The van der Waals surface area contributed by atoms with Crippen LogP contribution in [0.3, 0.4) is 0 Å². The molecule has 2 saturated heterocycles. The lowest BCUT2D eigenvalue weighted by Crippen LogP contribution is -2.56. The molecule has 0 saturated carbocycles. The molecule has 2 aliphatic rings. The molecule has 2 amide bonds. The van der Waals surface area contributed by atoms with Gasteiger partial charge in [0, 0.05) is 44.5 Å². The molecule has 4 rings (SSSR count). The number of ether oxygens (including phenoxy) is 3. The lowest BCUT2D eigenvalue weighted by atomic mass is 9.83. The molecular weight excluding hydrogens is 422 g/mol. The summed E-state index contributed by atoms with van der Waals surface area (Å²) in [5.74, 6) is 2.13. The number of carbonyl (C=O) groups is 2. The van der Waals surface area contributed by atoms with Crippen LogP contribution < -0.4 is 14.2 Å². The molecular formula is C25H31N3O5. The molecule has 2 fully saturated rings. The van der Waals surface area contributed by atoms with E-state index < -0.39 is 0 Å². The van der Waals surface area contributed by atoms with E-state index in [1.807, 2.05) is 40.3 Å². The molecule has 0 aliphatic carbocycles. The number of hydrogen-bond acceptors (Lipinski definition) is 6. The third-order valence-electron chi connectivity index (χ3n) is 6.65. The molecule has 2 atom stereocenters. The third kappa shape index (κ3) is 4.89. The predicted octanol–water partition coefficient (Wildman–Crippen LogP) is 2.69. The summed E-state index contributed by atoms with van der Waals surface area (Å²) < 4.78 is 16.2. The van der Waals surface area contributed by atoms with Gasteiger partial charge in [0.05, 0.1) is 27.8 Å². The van der Waals surface area contributed by atoms with E-state index >= 15 is 0 Å². The number of methoxy groups -OCH3 is 3. The number of amides is 2. The molecule has 2 aromatic rings. The van der Waals surface area contributed by atoms with Crippen molar-refractivity contribution in [1.29, 1.82) is 0 Å². The van der Waals surface area contributed by atoms with Gasteiger partial charge in [0.1, 0.15) is 0 Å². The molecule has 33 heavy (non-hydrogen) atoms. The molecule has 176 valence electrons. The normalized spacial score (nSPS) is 20.3. The average Bonchev–Trinajstić information content (AvgIpc) is 2.85. The molecule has 1 aromatic heterocycles. The number of fused-ring (bicyclic) bond motifs is 1. The fourth-order valence-corrected chi connectivity index (χ4v) is 5.00. The van der Waals surface area contributed by atoms with Gasteiger partial charge in [-0.3, -0.25) is 14.6 Å². The Labute approximate surface area is 194 Å². The predicted molar refractivity (Wildman–Crippen MR) is 122 cm³/mol. The fraction of sp³-hybridized carbons (Fsp3) is 0.480. The standard InChI is InChI=1S/C25H31N3O5/c1-31-21-11-18(12-22(32-2)25(21)33-3)13-24(30)27-10-8-20-19(16-27)6-7-23(29)28(20)15-17-5-4-9-26-14-17/h4-5,9,11-12,14,19-20H,6-8,10,13,15-16H2,1-3H3/t19-,20+/m0/s1. The monoisotopic (exact) mass is 453 g/mol. The van der Waals surface area contributed by atoms with Crippen molar-refractivity contribution in [2.45, 2.75) is 38.3 Å². The van der Waals surface area contributed by atoms with Gasteiger partial charge in [-0.2, -0.15) is 0 Å². The van der Waals surface area contributed by atoms with Gasteiger partial charge in [0.25, 0.3) is 0 Å². The molecule has 2 aliphatic heterocycles. The second kappa shape index (κ2) is 10.1. The zero-order valence-electron chi connectivity index (χ0n) is 19.5. The topological polar surface area (TPSA) is 81.2 Å². The lowest BCUT2D eigenvalue weighted by molar-refractivity contribution is -0.144. The SMILES string of the molecule is COc1cc(CC(=O)N2CC[C@@H]3[C@@H](CCC(=O)N3Cc3cccnc3)C2)cc(OC)c1OC. The van der Waals surface area contributed by atoms with E-state index in [1.165, 1.54) is 0 Å². The van der Waals surface area contributed by atoms with Gasteiger partial charge in [-0.05, 0) is 48.1 Å². The van der Waals surface area contributed by atoms with E-state index in [2.05, 4.69) is 4.98 Å². The van der Waals surface area contributed by atoms with Crippen LogP contribution in [-0.4, -0.2) is 67.1 Å². The van der Waals surface area contributed by atoms with Crippen LogP contribution in [0, 0.1) is 5.92 Å². The smallest absolute Gasteiger partial charge is 0.227 e. The van der Waals surface area contributed by atoms with Crippen LogP contribution in [0.1, 0.15) is 30.4 Å². The van der Waals surface area contributed by atoms with Gasteiger partial charge in [-0.15, -0.1) is 0 Å². The quantitative estimate of drug-likeness (QED) is 0.641. The number of carbonyl (C=O) groups excluding carboxylic acids is 2.